The number of hydrogen-bond donors (Lipinski definition) is 0. The van der Waals surface area contributed by atoms with E-state index in [1.165, 1.54) is 10.8 Å². The summed E-state index contributed by atoms with van der Waals surface area (Å²) in [7, 11) is 0. The van der Waals surface area contributed by atoms with Gasteiger partial charge in [-0.05, 0) is 34.6 Å². The lowest BCUT2D eigenvalue weighted by atomic mass is 9.91. The summed E-state index contributed by atoms with van der Waals surface area (Å²) in [6.07, 6.45) is 2.39. The third-order valence-electron chi connectivity index (χ3n) is 3.80. The molecule has 0 aromatic heterocycles. The Bertz CT molecular complexity index is 697. The second-order valence-electron chi connectivity index (χ2n) is 4.97. The van der Waals surface area contributed by atoms with Crippen molar-refractivity contribution in [1.82, 2.24) is 0 Å². The molecule has 2 aromatic rings. The highest BCUT2D eigenvalue weighted by atomic mass is 16.5. The molecular formula is C16H12O2. The molecule has 0 saturated carbocycles. The fraction of sp³-hybridized carbons (Fsp3) is 0.188. The first-order chi connectivity index (χ1) is 8.81. The Balaban J connectivity index is 1.99. The van der Waals surface area contributed by atoms with E-state index in [-0.39, 0.29) is 11.7 Å². The zero-order valence-electron chi connectivity index (χ0n) is 9.85. The summed E-state index contributed by atoms with van der Waals surface area (Å²) in [5.74, 6) is 1.39. The van der Waals surface area contributed by atoms with Crippen LogP contribution in [-0.4, -0.2) is 12.4 Å². The molecule has 18 heavy (non-hydrogen) atoms. The first kappa shape index (κ1) is 9.89. The number of carbonyl (C=O) groups is 1. The molecule has 1 atom stereocenters. The molecule has 4 rings (SSSR count). The minimum absolute atomic E-state index is 0.222. The number of ether oxygens (including phenoxy) is 1. The Morgan fingerprint density at radius 1 is 1.11 bits per heavy atom. The van der Waals surface area contributed by atoms with Crippen molar-refractivity contribution in [3.63, 3.8) is 0 Å². The minimum Gasteiger partial charge on any atom is -0.492 e. The molecule has 1 heterocycles. The topological polar surface area (TPSA) is 26.3 Å². The van der Waals surface area contributed by atoms with Crippen molar-refractivity contribution in [2.24, 2.45) is 5.92 Å². The zero-order valence-corrected chi connectivity index (χ0v) is 9.85. The van der Waals surface area contributed by atoms with Crippen molar-refractivity contribution in [1.29, 1.82) is 0 Å². The van der Waals surface area contributed by atoms with E-state index in [1.54, 1.807) is 6.08 Å². The summed E-state index contributed by atoms with van der Waals surface area (Å²) in [4.78, 5) is 11.6. The van der Waals surface area contributed by atoms with Crippen LogP contribution in [0.2, 0.25) is 0 Å². The number of allylic oxidation sites excluding steroid dienone is 1. The summed E-state index contributed by atoms with van der Waals surface area (Å²) in [5.41, 5.74) is 2.25. The lowest BCUT2D eigenvalue weighted by Gasteiger charge is -2.25. The van der Waals surface area contributed by atoms with Crippen LogP contribution in [0.4, 0.5) is 0 Å². The molecule has 88 valence electrons. The van der Waals surface area contributed by atoms with Crippen LogP contribution in [0.25, 0.3) is 16.3 Å². The summed E-state index contributed by atoms with van der Waals surface area (Å²) in [5, 5.41) is 2.38. The summed E-state index contributed by atoms with van der Waals surface area (Å²) in [6, 6.07) is 12.4. The monoisotopic (exact) mass is 236 g/mol. The van der Waals surface area contributed by atoms with Gasteiger partial charge in [0.1, 0.15) is 5.75 Å². The van der Waals surface area contributed by atoms with Crippen LogP contribution in [0.1, 0.15) is 12.0 Å². The van der Waals surface area contributed by atoms with Crippen LogP contribution >= 0.6 is 0 Å². The number of carbonyl (C=O) groups excluding carboxylic acids is 1. The molecular weight excluding hydrogens is 224 g/mol. The van der Waals surface area contributed by atoms with Gasteiger partial charge in [0.15, 0.2) is 5.78 Å². The highest BCUT2D eigenvalue weighted by molar-refractivity contribution is 6.04. The molecule has 2 heteroatoms. The fourth-order valence-corrected chi connectivity index (χ4v) is 2.90. The lowest BCUT2D eigenvalue weighted by molar-refractivity contribution is -0.114. The molecule has 1 aliphatic heterocycles. The second kappa shape index (κ2) is 3.45. The van der Waals surface area contributed by atoms with Crippen LogP contribution in [-0.2, 0) is 4.79 Å². The van der Waals surface area contributed by atoms with Crippen molar-refractivity contribution in [2.45, 2.75) is 6.42 Å². The van der Waals surface area contributed by atoms with E-state index in [9.17, 15) is 4.79 Å². The van der Waals surface area contributed by atoms with Crippen molar-refractivity contribution in [3.05, 3.63) is 48.0 Å². The lowest BCUT2D eigenvalue weighted by Crippen LogP contribution is -2.17. The normalized spacial score (nSPS) is 21.2. The van der Waals surface area contributed by atoms with Gasteiger partial charge in [-0.15, -0.1) is 0 Å². The minimum atomic E-state index is 0.222. The highest BCUT2D eigenvalue weighted by Gasteiger charge is 2.31. The van der Waals surface area contributed by atoms with Gasteiger partial charge in [0.25, 0.3) is 0 Å². The van der Waals surface area contributed by atoms with Crippen LogP contribution in [0.3, 0.4) is 0 Å². The Hall–Kier alpha value is -2.09. The first-order valence-electron chi connectivity index (χ1n) is 6.22. The molecule has 0 radical (unpaired) electrons. The smallest absolute Gasteiger partial charge is 0.156 e. The maximum Gasteiger partial charge on any atom is 0.156 e. The molecule has 0 fully saturated rings. The zero-order chi connectivity index (χ0) is 12.1. The SMILES string of the molecule is O=C1C=C2c3cc4ccccc4cc3OCC2C1. The number of benzene rings is 2. The largest absolute Gasteiger partial charge is 0.492 e. The van der Waals surface area contributed by atoms with Crippen molar-refractivity contribution >= 4 is 22.1 Å². The third kappa shape index (κ3) is 1.32. The summed E-state index contributed by atoms with van der Waals surface area (Å²) >= 11 is 0. The maximum absolute atomic E-state index is 11.6. The van der Waals surface area contributed by atoms with E-state index in [0.29, 0.717) is 13.0 Å². The van der Waals surface area contributed by atoms with Crippen LogP contribution in [0.5, 0.6) is 5.75 Å². The maximum atomic E-state index is 11.6. The van der Waals surface area contributed by atoms with E-state index in [0.717, 1.165) is 16.9 Å². The van der Waals surface area contributed by atoms with Gasteiger partial charge >= 0.3 is 0 Å². The molecule has 0 amide bonds. The van der Waals surface area contributed by atoms with E-state index >= 15 is 0 Å². The van der Waals surface area contributed by atoms with E-state index in [4.69, 9.17) is 4.74 Å². The molecule has 0 bridgehead atoms. The molecule has 2 aliphatic rings. The fourth-order valence-electron chi connectivity index (χ4n) is 2.90. The summed E-state index contributed by atoms with van der Waals surface area (Å²) < 4.78 is 5.80. The van der Waals surface area contributed by atoms with Crippen molar-refractivity contribution < 1.29 is 9.53 Å². The van der Waals surface area contributed by atoms with Gasteiger partial charge in [0.2, 0.25) is 0 Å². The Labute approximate surface area is 105 Å². The van der Waals surface area contributed by atoms with Crippen LogP contribution in [0.15, 0.2) is 42.5 Å². The van der Waals surface area contributed by atoms with Crippen LogP contribution in [0, 0.1) is 5.92 Å². The highest BCUT2D eigenvalue weighted by Crippen LogP contribution is 2.42. The average molecular weight is 236 g/mol. The molecule has 0 spiro atoms. The standard InChI is InChI=1S/C16H12O2/c17-13-5-12-9-18-16-7-11-4-2-1-3-10(11)6-15(16)14(12)8-13/h1-4,6-8,12H,5,9H2. The van der Waals surface area contributed by atoms with Gasteiger partial charge in [0, 0.05) is 17.9 Å². The number of ketones is 1. The quantitative estimate of drug-likeness (QED) is 0.702. The van der Waals surface area contributed by atoms with E-state index in [1.807, 2.05) is 12.1 Å². The van der Waals surface area contributed by atoms with Gasteiger partial charge in [0.05, 0.1) is 6.61 Å². The molecule has 0 saturated heterocycles. The van der Waals surface area contributed by atoms with Crippen molar-refractivity contribution in [3.8, 4) is 5.75 Å². The Kier molecular flexibility index (Phi) is 1.90. The second-order valence-corrected chi connectivity index (χ2v) is 4.97. The number of rotatable bonds is 0. The average Bonchev–Trinajstić information content (AvgIpc) is 2.77. The molecule has 2 aromatic carbocycles. The number of hydrogen-bond acceptors (Lipinski definition) is 2. The number of fused-ring (bicyclic) bond motifs is 4. The molecule has 0 N–H and O–H groups in total. The molecule has 1 aliphatic carbocycles. The van der Waals surface area contributed by atoms with Crippen LogP contribution < -0.4 is 4.74 Å². The summed E-state index contributed by atoms with van der Waals surface area (Å²) in [6.45, 7) is 0.628. The predicted molar refractivity (Wildman–Crippen MR) is 70.5 cm³/mol. The van der Waals surface area contributed by atoms with Gasteiger partial charge in [-0.3, -0.25) is 4.79 Å². The van der Waals surface area contributed by atoms with Gasteiger partial charge in [-0.2, -0.15) is 0 Å². The van der Waals surface area contributed by atoms with E-state index in [2.05, 4.69) is 24.3 Å². The third-order valence-corrected chi connectivity index (χ3v) is 3.80. The molecule has 2 nitrogen and oxygen atoms in total. The predicted octanol–water partition coefficient (Wildman–Crippen LogP) is 3.20. The van der Waals surface area contributed by atoms with Crippen molar-refractivity contribution in [2.75, 3.05) is 6.61 Å². The van der Waals surface area contributed by atoms with E-state index < -0.39 is 0 Å². The van der Waals surface area contributed by atoms with Gasteiger partial charge in [-0.1, -0.05) is 24.3 Å². The first-order valence-corrected chi connectivity index (χ1v) is 6.22. The molecule has 1 unspecified atom stereocenters. The van der Waals surface area contributed by atoms with Gasteiger partial charge in [-0.25, -0.2) is 0 Å². The van der Waals surface area contributed by atoms with Gasteiger partial charge < -0.3 is 4.74 Å². The Morgan fingerprint density at radius 3 is 2.72 bits per heavy atom. The Morgan fingerprint density at radius 2 is 1.89 bits per heavy atom.